The number of carbonyl (C=O) groups excluding carboxylic acids is 1. The second-order valence-electron chi connectivity index (χ2n) is 11.4. The molecule has 1 amide bonds. The van der Waals surface area contributed by atoms with E-state index in [-0.39, 0.29) is 17.6 Å². The van der Waals surface area contributed by atoms with E-state index in [0.29, 0.717) is 18.3 Å². The largest absolute Gasteiger partial charge is 0.444 e. The molecule has 2 aliphatic rings. The summed E-state index contributed by atoms with van der Waals surface area (Å²) in [6.07, 6.45) is 7.15. The number of imidazole rings is 1. The minimum absolute atomic E-state index is 0.133. The maximum atomic E-state index is 12.8. The first-order chi connectivity index (χ1) is 18.6. The van der Waals surface area contributed by atoms with Crippen molar-refractivity contribution in [2.75, 3.05) is 30.3 Å². The lowest BCUT2D eigenvalue weighted by Crippen LogP contribution is -2.60. The van der Waals surface area contributed by atoms with Gasteiger partial charge in [-0.3, -0.25) is 4.40 Å². The van der Waals surface area contributed by atoms with E-state index in [1.807, 2.05) is 49.7 Å². The molecule has 2 unspecified atom stereocenters. The Kier molecular flexibility index (Phi) is 6.59. The number of nitrogen functional groups attached to an aromatic ring is 1. The molecule has 0 bridgehead atoms. The summed E-state index contributed by atoms with van der Waals surface area (Å²) < 4.78 is 14.7. The van der Waals surface area contributed by atoms with Crippen molar-refractivity contribution in [1.29, 1.82) is 0 Å². The lowest BCUT2D eigenvalue weighted by atomic mass is 9.73. The van der Waals surface area contributed by atoms with Gasteiger partial charge in [0.2, 0.25) is 5.95 Å². The number of thiazole rings is 1. The van der Waals surface area contributed by atoms with Gasteiger partial charge >= 0.3 is 6.09 Å². The summed E-state index contributed by atoms with van der Waals surface area (Å²) in [6, 6.07) is 5.89. The van der Waals surface area contributed by atoms with Crippen LogP contribution in [0.5, 0.6) is 0 Å². The first-order valence-electron chi connectivity index (χ1n) is 13.1. The maximum absolute atomic E-state index is 12.8. The van der Waals surface area contributed by atoms with Crippen LogP contribution in [0.25, 0.3) is 15.9 Å². The summed E-state index contributed by atoms with van der Waals surface area (Å²) in [5.41, 5.74) is 6.99. The smallest absolute Gasteiger partial charge is 0.407 e. The minimum atomic E-state index is -0.571. The number of anilines is 2. The summed E-state index contributed by atoms with van der Waals surface area (Å²) in [5.74, 6) is 0.796. The Labute approximate surface area is 235 Å². The molecule has 0 saturated carbocycles. The number of piperidine rings is 1. The van der Waals surface area contributed by atoms with Gasteiger partial charge in [0, 0.05) is 42.0 Å². The van der Waals surface area contributed by atoms with Crippen LogP contribution >= 0.6 is 23.1 Å². The number of carbonyl (C=O) groups is 1. The van der Waals surface area contributed by atoms with Gasteiger partial charge < -0.3 is 25.4 Å². The Balaban J connectivity index is 1.29. The highest BCUT2D eigenvalue weighted by Gasteiger charge is 2.49. The number of nitrogens with two attached hydrogens (primary N) is 1. The number of aromatic nitrogens is 4. The van der Waals surface area contributed by atoms with Gasteiger partial charge in [0.05, 0.1) is 33.9 Å². The molecule has 2 aliphatic heterocycles. The quantitative estimate of drug-likeness (QED) is 0.352. The van der Waals surface area contributed by atoms with Gasteiger partial charge in [0.15, 0.2) is 10.8 Å². The third-order valence-corrected chi connectivity index (χ3v) is 9.46. The van der Waals surface area contributed by atoms with Gasteiger partial charge in [0.25, 0.3) is 0 Å². The number of fused-ring (bicyclic) bond motifs is 2. The monoisotopic (exact) mass is 567 g/mol. The number of hydrogen-bond acceptors (Lipinski definition) is 10. The lowest BCUT2D eigenvalue weighted by Gasteiger charge is -2.45. The van der Waals surface area contributed by atoms with Crippen LogP contribution in [0, 0.1) is 5.41 Å². The Morgan fingerprint density at radius 1 is 1.31 bits per heavy atom. The van der Waals surface area contributed by atoms with E-state index in [4.69, 9.17) is 20.2 Å². The van der Waals surface area contributed by atoms with Crippen molar-refractivity contribution in [3.05, 3.63) is 36.8 Å². The van der Waals surface area contributed by atoms with E-state index in [0.717, 1.165) is 51.0 Å². The van der Waals surface area contributed by atoms with Crippen molar-refractivity contribution in [3.63, 3.8) is 0 Å². The number of rotatable bonds is 4. The maximum Gasteiger partial charge on any atom is 0.407 e. The first-order valence-corrected chi connectivity index (χ1v) is 14.7. The molecule has 1 spiro atoms. The molecule has 3 atom stereocenters. The second-order valence-corrected chi connectivity index (χ2v) is 13.5. The minimum Gasteiger partial charge on any atom is -0.444 e. The number of hydrogen-bond donors (Lipinski definition) is 2. The standard InChI is InChI=1S/C27H33N7O3S2/c1-16-12-27(15-36-16)8-10-33(14-20(27)32-25(35)37-26(2,3)4)24-30-13-19(22-29-9-11-34(22)24)38-18-7-5-6-17-21(18)39-23(28)31-17/h5-7,9,11,13,16,20H,8,10,12,14-15H2,1-4H3,(H2,28,31)(H,32,35)/t16-,20?,27?/m0/s1. The Morgan fingerprint density at radius 3 is 2.92 bits per heavy atom. The predicted octanol–water partition coefficient (Wildman–Crippen LogP) is 4.97. The first kappa shape index (κ1) is 26.1. The molecule has 12 heteroatoms. The van der Waals surface area contributed by atoms with Crippen LogP contribution in [0.4, 0.5) is 15.9 Å². The third-order valence-electron chi connectivity index (χ3n) is 7.33. The molecule has 2 fully saturated rings. The summed E-state index contributed by atoms with van der Waals surface area (Å²) in [5, 5.41) is 3.73. The number of amides is 1. The summed E-state index contributed by atoms with van der Waals surface area (Å²) in [7, 11) is 0. The molecule has 6 rings (SSSR count). The van der Waals surface area contributed by atoms with Gasteiger partial charge in [-0.1, -0.05) is 29.2 Å². The molecule has 1 aromatic carbocycles. The van der Waals surface area contributed by atoms with Crippen LogP contribution in [0.15, 0.2) is 46.6 Å². The molecule has 10 nitrogen and oxygen atoms in total. The van der Waals surface area contributed by atoms with E-state index in [9.17, 15) is 4.79 Å². The molecule has 5 heterocycles. The highest BCUT2D eigenvalue weighted by Crippen LogP contribution is 2.44. The van der Waals surface area contributed by atoms with Gasteiger partial charge in [-0.15, -0.1) is 0 Å². The molecule has 39 heavy (non-hydrogen) atoms. The normalized spacial score (nSPS) is 23.6. The Bertz CT molecular complexity index is 1530. The fourth-order valence-electron chi connectivity index (χ4n) is 5.61. The average molecular weight is 568 g/mol. The summed E-state index contributed by atoms with van der Waals surface area (Å²) in [4.78, 5) is 31.1. The van der Waals surface area contributed by atoms with Gasteiger partial charge in [0.1, 0.15) is 5.60 Å². The van der Waals surface area contributed by atoms with Crippen LogP contribution in [0.2, 0.25) is 0 Å². The predicted molar refractivity (Wildman–Crippen MR) is 154 cm³/mol. The van der Waals surface area contributed by atoms with E-state index in [1.54, 1.807) is 18.0 Å². The fraction of sp³-hybridized carbons (Fsp3) is 0.481. The highest BCUT2D eigenvalue weighted by molar-refractivity contribution is 8.00. The Morgan fingerprint density at radius 2 is 2.15 bits per heavy atom. The molecule has 3 N–H and O–H groups in total. The summed E-state index contributed by atoms with van der Waals surface area (Å²) in [6.45, 7) is 9.75. The van der Waals surface area contributed by atoms with E-state index in [1.165, 1.54) is 11.3 Å². The van der Waals surface area contributed by atoms with Gasteiger partial charge in [-0.2, -0.15) is 0 Å². The topological polar surface area (TPSA) is 120 Å². The van der Waals surface area contributed by atoms with E-state index >= 15 is 0 Å². The van der Waals surface area contributed by atoms with Crippen LogP contribution in [0.3, 0.4) is 0 Å². The van der Waals surface area contributed by atoms with Crippen LogP contribution in [-0.2, 0) is 9.47 Å². The van der Waals surface area contributed by atoms with Crippen LogP contribution < -0.4 is 16.0 Å². The lowest BCUT2D eigenvalue weighted by molar-refractivity contribution is 0.0385. The fourth-order valence-corrected chi connectivity index (χ4v) is 7.53. The van der Waals surface area contributed by atoms with E-state index < -0.39 is 11.7 Å². The van der Waals surface area contributed by atoms with E-state index in [2.05, 4.69) is 33.2 Å². The van der Waals surface area contributed by atoms with Crippen molar-refractivity contribution in [3.8, 4) is 0 Å². The van der Waals surface area contributed by atoms with Gasteiger partial charge in [-0.25, -0.2) is 19.7 Å². The second kappa shape index (κ2) is 9.83. The van der Waals surface area contributed by atoms with Crippen molar-refractivity contribution in [1.82, 2.24) is 24.7 Å². The van der Waals surface area contributed by atoms with Crippen molar-refractivity contribution in [2.24, 2.45) is 5.41 Å². The molecule has 0 radical (unpaired) electrons. The number of alkyl carbamates (subject to hydrolysis) is 1. The highest BCUT2D eigenvalue weighted by atomic mass is 32.2. The molecule has 206 valence electrons. The van der Waals surface area contributed by atoms with Crippen LogP contribution in [-0.4, -0.2) is 62.9 Å². The number of benzene rings is 1. The Hall–Kier alpha value is -3.09. The van der Waals surface area contributed by atoms with Crippen molar-refractivity contribution in [2.45, 2.75) is 68.1 Å². The average Bonchev–Trinajstić information content (AvgIpc) is 3.59. The molecular formula is C27H33N7O3S2. The number of ether oxygens (including phenoxy) is 2. The SMILES string of the molecule is C[C@H]1CC2(CCN(c3ncc(Sc4cccc5nc(N)sc45)c4nccn34)CC2NC(=O)OC(C)(C)C)CO1. The molecular weight excluding hydrogens is 534 g/mol. The van der Waals surface area contributed by atoms with Crippen molar-refractivity contribution < 1.29 is 14.3 Å². The molecule has 2 saturated heterocycles. The zero-order valence-electron chi connectivity index (χ0n) is 22.5. The molecule has 3 aromatic heterocycles. The zero-order valence-corrected chi connectivity index (χ0v) is 24.1. The molecule has 4 aromatic rings. The summed E-state index contributed by atoms with van der Waals surface area (Å²) >= 11 is 3.09. The van der Waals surface area contributed by atoms with Crippen LogP contribution in [0.1, 0.15) is 40.5 Å². The van der Waals surface area contributed by atoms with Gasteiger partial charge in [-0.05, 0) is 52.7 Å². The number of nitrogens with zero attached hydrogens (tertiary/aromatic N) is 5. The number of nitrogens with one attached hydrogen (secondary N) is 1. The van der Waals surface area contributed by atoms with Crippen molar-refractivity contribution >= 4 is 56.1 Å². The zero-order chi connectivity index (χ0) is 27.4. The molecule has 0 aliphatic carbocycles. The third kappa shape index (κ3) is 5.12.